The van der Waals surface area contributed by atoms with Crippen molar-refractivity contribution in [2.24, 2.45) is 11.7 Å². The van der Waals surface area contributed by atoms with Crippen LogP contribution in [0.15, 0.2) is 0 Å². The summed E-state index contributed by atoms with van der Waals surface area (Å²) in [5, 5.41) is 0. The van der Waals surface area contributed by atoms with Gasteiger partial charge < -0.3 is 10.6 Å². The molecule has 0 spiro atoms. The Morgan fingerprint density at radius 1 is 1.47 bits per heavy atom. The SMILES string of the molecule is CC(N)CCN(C)C(=O)C1CCC(F)(F)CC1. The van der Waals surface area contributed by atoms with Crippen molar-refractivity contribution in [1.29, 1.82) is 0 Å². The van der Waals surface area contributed by atoms with Gasteiger partial charge in [0.1, 0.15) is 0 Å². The van der Waals surface area contributed by atoms with Gasteiger partial charge in [0.15, 0.2) is 0 Å². The molecule has 0 saturated heterocycles. The molecule has 3 nitrogen and oxygen atoms in total. The van der Waals surface area contributed by atoms with Crippen LogP contribution >= 0.6 is 0 Å². The van der Waals surface area contributed by atoms with Crippen LogP contribution in [0.25, 0.3) is 0 Å². The summed E-state index contributed by atoms with van der Waals surface area (Å²) in [6, 6.07) is 0.0564. The molecule has 1 aliphatic rings. The molecule has 1 fully saturated rings. The van der Waals surface area contributed by atoms with Crippen LogP contribution in [-0.4, -0.2) is 36.4 Å². The van der Waals surface area contributed by atoms with Gasteiger partial charge in [-0.15, -0.1) is 0 Å². The van der Waals surface area contributed by atoms with E-state index in [1.807, 2.05) is 6.92 Å². The number of nitrogens with two attached hydrogens (primary N) is 1. The first kappa shape index (κ1) is 14.4. The molecule has 0 aromatic rings. The first-order valence-electron chi connectivity index (χ1n) is 6.20. The highest BCUT2D eigenvalue weighted by atomic mass is 19.3. The van der Waals surface area contributed by atoms with Gasteiger partial charge in [0.25, 0.3) is 0 Å². The minimum atomic E-state index is -2.57. The van der Waals surface area contributed by atoms with E-state index in [4.69, 9.17) is 5.73 Å². The van der Waals surface area contributed by atoms with Gasteiger partial charge in [-0.2, -0.15) is 0 Å². The molecule has 0 radical (unpaired) electrons. The predicted octanol–water partition coefficient (Wildman–Crippen LogP) is 2.01. The van der Waals surface area contributed by atoms with Gasteiger partial charge in [-0.25, -0.2) is 8.78 Å². The standard InChI is InChI=1S/C12H22F2N2O/c1-9(15)5-8-16(2)11(17)10-3-6-12(13,14)7-4-10/h9-10H,3-8,15H2,1-2H3. The molecule has 1 amide bonds. The third kappa shape index (κ3) is 4.58. The van der Waals surface area contributed by atoms with E-state index in [-0.39, 0.29) is 30.7 Å². The molecule has 1 saturated carbocycles. The fourth-order valence-electron chi connectivity index (χ4n) is 2.11. The summed E-state index contributed by atoms with van der Waals surface area (Å²) in [5.41, 5.74) is 5.62. The lowest BCUT2D eigenvalue weighted by Gasteiger charge is -2.30. The van der Waals surface area contributed by atoms with E-state index < -0.39 is 5.92 Å². The van der Waals surface area contributed by atoms with Gasteiger partial charge >= 0.3 is 0 Å². The van der Waals surface area contributed by atoms with Crippen LogP contribution in [-0.2, 0) is 4.79 Å². The summed E-state index contributed by atoms with van der Waals surface area (Å²) in [6.45, 7) is 2.49. The second-order valence-electron chi connectivity index (χ2n) is 5.16. The smallest absolute Gasteiger partial charge is 0.248 e. The van der Waals surface area contributed by atoms with Gasteiger partial charge in [-0.3, -0.25) is 4.79 Å². The average Bonchev–Trinajstić information content (AvgIpc) is 2.25. The second kappa shape index (κ2) is 5.76. The maximum Gasteiger partial charge on any atom is 0.248 e. The summed E-state index contributed by atoms with van der Waals surface area (Å²) in [6.07, 6.45) is 1.02. The van der Waals surface area contributed by atoms with Crippen LogP contribution in [0, 0.1) is 5.92 Å². The molecule has 0 heterocycles. The molecule has 1 aliphatic carbocycles. The number of nitrogens with zero attached hydrogens (tertiary/aromatic N) is 1. The lowest BCUT2D eigenvalue weighted by atomic mass is 9.86. The van der Waals surface area contributed by atoms with E-state index in [1.54, 1.807) is 11.9 Å². The zero-order chi connectivity index (χ0) is 13.1. The summed E-state index contributed by atoms with van der Waals surface area (Å²) < 4.78 is 25.9. The van der Waals surface area contributed by atoms with Gasteiger partial charge in [-0.05, 0) is 26.2 Å². The number of rotatable bonds is 4. The first-order chi connectivity index (χ1) is 7.82. The highest BCUT2D eigenvalue weighted by molar-refractivity contribution is 5.78. The topological polar surface area (TPSA) is 46.3 Å². The number of carbonyl (C=O) groups excluding carboxylic acids is 1. The number of carbonyl (C=O) groups is 1. The Bertz CT molecular complexity index is 259. The number of halogens is 2. The first-order valence-corrected chi connectivity index (χ1v) is 6.20. The summed E-state index contributed by atoms with van der Waals surface area (Å²) >= 11 is 0. The lowest BCUT2D eigenvalue weighted by molar-refractivity contribution is -0.138. The third-order valence-corrected chi connectivity index (χ3v) is 3.36. The fourth-order valence-corrected chi connectivity index (χ4v) is 2.11. The van der Waals surface area contributed by atoms with Crippen molar-refractivity contribution in [3.05, 3.63) is 0 Å². The molecule has 1 rings (SSSR count). The molecule has 1 atom stereocenters. The Hall–Kier alpha value is -0.710. The Balaban J connectivity index is 2.38. The fraction of sp³-hybridized carbons (Fsp3) is 0.917. The van der Waals surface area contributed by atoms with Gasteiger partial charge in [0.2, 0.25) is 11.8 Å². The Kier molecular flexibility index (Phi) is 4.86. The number of amides is 1. The molecule has 0 aromatic carbocycles. The van der Waals surface area contributed by atoms with Crippen LogP contribution in [0.5, 0.6) is 0 Å². The van der Waals surface area contributed by atoms with E-state index in [0.717, 1.165) is 6.42 Å². The van der Waals surface area contributed by atoms with Gasteiger partial charge in [-0.1, -0.05) is 0 Å². The van der Waals surface area contributed by atoms with E-state index in [9.17, 15) is 13.6 Å². The Morgan fingerprint density at radius 2 is 2.00 bits per heavy atom. The molecule has 0 aliphatic heterocycles. The lowest BCUT2D eigenvalue weighted by Crippen LogP contribution is -2.38. The maximum atomic E-state index is 13.0. The highest BCUT2D eigenvalue weighted by Gasteiger charge is 2.38. The molecule has 2 N–H and O–H groups in total. The zero-order valence-corrected chi connectivity index (χ0v) is 10.6. The monoisotopic (exact) mass is 248 g/mol. The number of hydrogen-bond acceptors (Lipinski definition) is 2. The summed E-state index contributed by atoms with van der Waals surface area (Å²) in [5.74, 6) is -2.81. The Morgan fingerprint density at radius 3 is 2.47 bits per heavy atom. The quantitative estimate of drug-likeness (QED) is 0.827. The third-order valence-electron chi connectivity index (χ3n) is 3.36. The molecule has 1 unspecified atom stereocenters. The molecule has 0 bridgehead atoms. The van der Waals surface area contributed by atoms with Crippen molar-refractivity contribution in [3.8, 4) is 0 Å². The van der Waals surface area contributed by atoms with Crippen molar-refractivity contribution in [1.82, 2.24) is 4.90 Å². The van der Waals surface area contributed by atoms with Crippen LogP contribution in [0.4, 0.5) is 8.78 Å². The molecule has 100 valence electrons. The normalized spacial score (nSPS) is 22.2. The molecule has 0 aromatic heterocycles. The zero-order valence-electron chi connectivity index (χ0n) is 10.6. The van der Waals surface area contributed by atoms with E-state index in [0.29, 0.717) is 19.4 Å². The second-order valence-corrected chi connectivity index (χ2v) is 5.16. The molecular weight excluding hydrogens is 226 g/mol. The van der Waals surface area contributed by atoms with E-state index in [2.05, 4.69) is 0 Å². The van der Waals surface area contributed by atoms with Crippen molar-refractivity contribution in [2.45, 2.75) is 51.0 Å². The number of hydrogen-bond donors (Lipinski definition) is 1. The van der Waals surface area contributed by atoms with Gasteiger partial charge in [0, 0.05) is 38.4 Å². The van der Waals surface area contributed by atoms with E-state index >= 15 is 0 Å². The minimum absolute atomic E-state index is 0.0128. The van der Waals surface area contributed by atoms with Crippen LogP contribution in [0.3, 0.4) is 0 Å². The summed E-state index contributed by atoms with van der Waals surface area (Å²) in [7, 11) is 1.72. The largest absolute Gasteiger partial charge is 0.345 e. The highest BCUT2D eigenvalue weighted by Crippen LogP contribution is 2.36. The van der Waals surface area contributed by atoms with Crippen molar-refractivity contribution < 1.29 is 13.6 Å². The molecule has 17 heavy (non-hydrogen) atoms. The van der Waals surface area contributed by atoms with Gasteiger partial charge in [0.05, 0.1) is 0 Å². The van der Waals surface area contributed by atoms with Crippen LogP contribution < -0.4 is 5.73 Å². The van der Waals surface area contributed by atoms with Crippen LogP contribution in [0.2, 0.25) is 0 Å². The van der Waals surface area contributed by atoms with Crippen molar-refractivity contribution in [3.63, 3.8) is 0 Å². The predicted molar refractivity (Wildman–Crippen MR) is 62.8 cm³/mol. The maximum absolute atomic E-state index is 13.0. The molecular formula is C12H22F2N2O. The summed E-state index contributed by atoms with van der Waals surface area (Å²) in [4.78, 5) is 13.6. The van der Waals surface area contributed by atoms with Crippen LogP contribution in [0.1, 0.15) is 39.0 Å². The van der Waals surface area contributed by atoms with E-state index in [1.165, 1.54) is 0 Å². The van der Waals surface area contributed by atoms with Crippen molar-refractivity contribution in [2.75, 3.05) is 13.6 Å². The number of alkyl halides is 2. The minimum Gasteiger partial charge on any atom is -0.345 e. The Labute approximate surface area is 101 Å². The van der Waals surface area contributed by atoms with Crippen molar-refractivity contribution >= 4 is 5.91 Å². The molecule has 5 heteroatoms. The average molecular weight is 248 g/mol.